The van der Waals surface area contributed by atoms with E-state index in [4.69, 9.17) is 4.74 Å². The van der Waals surface area contributed by atoms with E-state index in [9.17, 15) is 9.59 Å². The molecule has 0 radical (unpaired) electrons. The van der Waals surface area contributed by atoms with Crippen LogP contribution in [0.4, 0.5) is 0 Å². The highest BCUT2D eigenvalue weighted by Crippen LogP contribution is 2.21. The highest BCUT2D eigenvalue weighted by atomic mass is 32.2. The molecule has 0 aliphatic carbocycles. The summed E-state index contributed by atoms with van der Waals surface area (Å²) in [5, 5.41) is 6.79. The maximum Gasteiger partial charge on any atom is 0.266 e. The van der Waals surface area contributed by atoms with Crippen molar-refractivity contribution in [2.75, 3.05) is 18.1 Å². The number of amides is 1. The highest BCUT2D eigenvalue weighted by Gasteiger charge is 2.17. The quantitative estimate of drug-likeness (QED) is 0.750. The third-order valence-electron chi connectivity index (χ3n) is 3.79. The summed E-state index contributed by atoms with van der Waals surface area (Å²) in [5.74, 6) is 2.47. The molecule has 132 valence electrons. The molecule has 3 rings (SSSR count). The van der Waals surface area contributed by atoms with Crippen LogP contribution in [0.25, 0.3) is 0 Å². The molecule has 1 saturated heterocycles. The van der Waals surface area contributed by atoms with E-state index in [1.54, 1.807) is 24.4 Å². The van der Waals surface area contributed by atoms with Crippen LogP contribution < -0.4 is 15.6 Å². The average Bonchev–Trinajstić information content (AvgIpc) is 3.13. The van der Waals surface area contributed by atoms with E-state index in [-0.39, 0.29) is 17.6 Å². The zero-order valence-electron chi connectivity index (χ0n) is 13.8. The van der Waals surface area contributed by atoms with Gasteiger partial charge >= 0.3 is 0 Å². The molecular formula is C17H20N4O3S. The maximum absolute atomic E-state index is 12.1. The molecule has 1 unspecified atom stereocenters. The fourth-order valence-electron chi connectivity index (χ4n) is 2.45. The second-order valence-electron chi connectivity index (χ2n) is 5.68. The second kappa shape index (κ2) is 8.66. The lowest BCUT2D eigenvalue weighted by Crippen LogP contribution is -2.27. The first kappa shape index (κ1) is 17.5. The molecule has 1 amide bonds. The Morgan fingerprint density at radius 3 is 3.04 bits per heavy atom. The lowest BCUT2D eigenvalue weighted by molar-refractivity contribution is 0.0952. The number of nitrogens with one attached hydrogen (secondary N) is 1. The first-order valence-electron chi connectivity index (χ1n) is 8.23. The van der Waals surface area contributed by atoms with E-state index in [0.29, 0.717) is 31.0 Å². The van der Waals surface area contributed by atoms with E-state index in [1.165, 1.54) is 16.9 Å². The van der Waals surface area contributed by atoms with Crippen LogP contribution in [0.2, 0.25) is 0 Å². The summed E-state index contributed by atoms with van der Waals surface area (Å²) in [6.07, 6.45) is 4.97. The van der Waals surface area contributed by atoms with Crippen molar-refractivity contribution in [1.82, 2.24) is 20.1 Å². The first-order valence-corrected chi connectivity index (χ1v) is 9.38. The number of carbonyl (C=O) groups excluding carboxylic acids is 1. The summed E-state index contributed by atoms with van der Waals surface area (Å²) >= 11 is 1.88. The Labute approximate surface area is 149 Å². The summed E-state index contributed by atoms with van der Waals surface area (Å²) < 4.78 is 7.14. The molecule has 0 spiro atoms. The van der Waals surface area contributed by atoms with Gasteiger partial charge in [-0.05, 0) is 30.7 Å². The van der Waals surface area contributed by atoms with Crippen LogP contribution in [-0.2, 0) is 6.54 Å². The maximum atomic E-state index is 12.1. The SMILES string of the molecule is O=C(NCCCn1ncccc1=O)c1ccc(OC2CCSC2)nc1. The monoisotopic (exact) mass is 360 g/mol. The molecule has 1 aliphatic heterocycles. The Kier molecular flexibility index (Phi) is 6.05. The first-order chi connectivity index (χ1) is 12.2. The molecule has 2 aromatic rings. The third-order valence-corrected chi connectivity index (χ3v) is 4.92. The van der Waals surface area contributed by atoms with Gasteiger partial charge in [-0.25, -0.2) is 9.67 Å². The van der Waals surface area contributed by atoms with Gasteiger partial charge in [0.25, 0.3) is 11.5 Å². The standard InChI is InChI=1S/C17H20N4O3S/c22-16-3-1-8-20-21(16)9-2-7-18-17(23)13-4-5-15(19-11-13)24-14-6-10-25-12-14/h1,3-5,8,11,14H,2,6-7,9-10,12H2,(H,18,23). The number of aromatic nitrogens is 3. The van der Waals surface area contributed by atoms with Crippen molar-refractivity contribution < 1.29 is 9.53 Å². The number of carbonyl (C=O) groups is 1. The summed E-state index contributed by atoms with van der Waals surface area (Å²) in [6.45, 7) is 0.920. The normalized spacial score (nSPS) is 16.6. The number of hydrogen-bond donors (Lipinski definition) is 1. The largest absolute Gasteiger partial charge is 0.473 e. The van der Waals surface area contributed by atoms with Gasteiger partial charge in [-0.3, -0.25) is 9.59 Å². The predicted octanol–water partition coefficient (Wildman–Crippen LogP) is 1.34. The molecule has 7 nitrogen and oxygen atoms in total. The topological polar surface area (TPSA) is 86.1 Å². The van der Waals surface area contributed by atoms with E-state index in [0.717, 1.165) is 17.9 Å². The van der Waals surface area contributed by atoms with Gasteiger partial charge in [0.05, 0.1) is 5.56 Å². The van der Waals surface area contributed by atoms with Gasteiger partial charge in [-0.1, -0.05) is 0 Å². The minimum Gasteiger partial charge on any atom is -0.473 e. The van der Waals surface area contributed by atoms with Crippen molar-refractivity contribution in [3.8, 4) is 5.88 Å². The molecule has 1 fully saturated rings. The van der Waals surface area contributed by atoms with Gasteiger partial charge < -0.3 is 10.1 Å². The third kappa shape index (κ3) is 5.06. The second-order valence-corrected chi connectivity index (χ2v) is 6.83. The van der Waals surface area contributed by atoms with Gasteiger partial charge in [0.15, 0.2) is 0 Å². The minimum atomic E-state index is -0.191. The van der Waals surface area contributed by atoms with E-state index >= 15 is 0 Å². The van der Waals surface area contributed by atoms with Crippen LogP contribution in [0.3, 0.4) is 0 Å². The summed E-state index contributed by atoms with van der Waals surface area (Å²) in [4.78, 5) is 27.8. The average molecular weight is 360 g/mol. The molecule has 1 atom stereocenters. The van der Waals surface area contributed by atoms with Crippen molar-refractivity contribution in [2.24, 2.45) is 0 Å². The van der Waals surface area contributed by atoms with Crippen LogP contribution in [0.15, 0.2) is 41.5 Å². The molecule has 1 aliphatic rings. The molecule has 0 bridgehead atoms. The Hall–Kier alpha value is -2.35. The van der Waals surface area contributed by atoms with E-state index in [2.05, 4.69) is 15.4 Å². The molecule has 8 heteroatoms. The zero-order chi connectivity index (χ0) is 17.5. The predicted molar refractivity (Wildman–Crippen MR) is 96.0 cm³/mol. The van der Waals surface area contributed by atoms with Crippen LogP contribution in [-0.4, -0.2) is 44.8 Å². The number of pyridine rings is 1. The Bertz CT molecular complexity index is 757. The zero-order valence-corrected chi connectivity index (χ0v) is 14.6. The Morgan fingerprint density at radius 1 is 1.40 bits per heavy atom. The van der Waals surface area contributed by atoms with Gasteiger partial charge in [-0.15, -0.1) is 0 Å². The van der Waals surface area contributed by atoms with Crippen molar-refractivity contribution >= 4 is 17.7 Å². The number of aryl methyl sites for hydroxylation is 1. The fourth-order valence-corrected chi connectivity index (χ4v) is 3.54. The Morgan fingerprint density at radius 2 is 2.32 bits per heavy atom. The smallest absolute Gasteiger partial charge is 0.266 e. The van der Waals surface area contributed by atoms with Gasteiger partial charge in [0.1, 0.15) is 6.10 Å². The number of hydrogen-bond acceptors (Lipinski definition) is 6. The lowest BCUT2D eigenvalue weighted by atomic mass is 10.2. The van der Waals surface area contributed by atoms with E-state index < -0.39 is 0 Å². The van der Waals surface area contributed by atoms with Crippen LogP contribution in [0.1, 0.15) is 23.2 Å². The molecular weight excluding hydrogens is 340 g/mol. The van der Waals surface area contributed by atoms with Gasteiger partial charge in [-0.2, -0.15) is 16.9 Å². The Balaban J connectivity index is 1.43. The van der Waals surface area contributed by atoms with Crippen molar-refractivity contribution in [3.63, 3.8) is 0 Å². The summed E-state index contributed by atoms with van der Waals surface area (Å²) in [6, 6.07) is 6.51. The fraction of sp³-hybridized carbons (Fsp3) is 0.412. The van der Waals surface area contributed by atoms with Crippen molar-refractivity contribution in [2.45, 2.75) is 25.5 Å². The number of nitrogens with zero attached hydrogens (tertiary/aromatic N) is 3. The minimum absolute atomic E-state index is 0.144. The lowest BCUT2D eigenvalue weighted by Gasteiger charge is -2.11. The number of ether oxygens (including phenoxy) is 1. The van der Waals surface area contributed by atoms with Crippen LogP contribution >= 0.6 is 11.8 Å². The van der Waals surface area contributed by atoms with Crippen molar-refractivity contribution in [3.05, 3.63) is 52.6 Å². The van der Waals surface area contributed by atoms with E-state index in [1.807, 2.05) is 11.8 Å². The van der Waals surface area contributed by atoms with Gasteiger partial charge in [0.2, 0.25) is 5.88 Å². The van der Waals surface area contributed by atoms with Crippen molar-refractivity contribution in [1.29, 1.82) is 0 Å². The van der Waals surface area contributed by atoms with Gasteiger partial charge in [0, 0.05) is 43.4 Å². The summed E-state index contributed by atoms with van der Waals surface area (Å²) in [7, 11) is 0. The number of thioether (sulfide) groups is 1. The molecule has 0 saturated carbocycles. The molecule has 0 aromatic carbocycles. The molecule has 2 aromatic heterocycles. The number of rotatable bonds is 7. The highest BCUT2D eigenvalue weighted by molar-refractivity contribution is 7.99. The summed E-state index contributed by atoms with van der Waals surface area (Å²) in [5.41, 5.74) is 0.345. The molecule has 1 N–H and O–H groups in total. The van der Waals surface area contributed by atoms with Crippen LogP contribution in [0, 0.1) is 0 Å². The molecule has 25 heavy (non-hydrogen) atoms. The van der Waals surface area contributed by atoms with Crippen LogP contribution in [0.5, 0.6) is 5.88 Å². The molecule has 3 heterocycles.